The van der Waals surface area contributed by atoms with Gasteiger partial charge in [-0.2, -0.15) is 0 Å². The molecule has 1 aliphatic heterocycles. The van der Waals surface area contributed by atoms with E-state index in [2.05, 4.69) is 18.6 Å². The van der Waals surface area contributed by atoms with E-state index in [1.54, 1.807) is 0 Å². The standard InChI is InChI=1S/C16H34O.C2H4O/c1-3-5-7-9-10-12-14-16(15-17)13-11-8-6-4-2;1-2-3-1/h16-17H,3-15H2,1-2H3;1-2H2. The van der Waals surface area contributed by atoms with Gasteiger partial charge in [-0.15, -0.1) is 0 Å². The second-order valence-electron chi connectivity index (χ2n) is 6.07. The first kappa shape index (κ1) is 19.9. The molecule has 0 amide bonds. The van der Waals surface area contributed by atoms with Crippen LogP contribution in [0.3, 0.4) is 0 Å². The maximum absolute atomic E-state index is 9.32. The summed E-state index contributed by atoms with van der Waals surface area (Å²) in [7, 11) is 0. The molecule has 122 valence electrons. The fraction of sp³-hybridized carbons (Fsp3) is 1.00. The molecule has 1 saturated heterocycles. The molecule has 0 aliphatic carbocycles. The molecule has 1 heterocycles. The SMILES string of the molecule is C1CO1.CCCCCCCCC(CO)CCCCCC. The summed E-state index contributed by atoms with van der Waals surface area (Å²) in [5, 5.41) is 9.32. The summed E-state index contributed by atoms with van der Waals surface area (Å²) in [6.45, 7) is 6.92. The molecule has 0 radical (unpaired) electrons. The monoisotopic (exact) mass is 286 g/mol. The minimum Gasteiger partial charge on any atom is -0.396 e. The Balaban J connectivity index is 0.00000105. The van der Waals surface area contributed by atoms with E-state index in [1.165, 1.54) is 77.0 Å². The van der Waals surface area contributed by atoms with Crippen molar-refractivity contribution >= 4 is 0 Å². The van der Waals surface area contributed by atoms with Crippen molar-refractivity contribution in [1.82, 2.24) is 0 Å². The Kier molecular flexibility index (Phi) is 16.9. The predicted octanol–water partition coefficient (Wildman–Crippen LogP) is 5.33. The van der Waals surface area contributed by atoms with Gasteiger partial charge in [-0.05, 0) is 18.8 Å². The Morgan fingerprint density at radius 1 is 0.750 bits per heavy atom. The fourth-order valence-corrected chi connectivity index (χ4v) is 2.40. The van der Waals surface area contributed by atoms with Gasteiger partial charge in [-0.1, -0.05) is 78.1 Å². The van der Waals surface area contributed by atoms with Crippen LogP contribution in [0, 0.1) is 5.92 Å². The second kappa shape index (κ2) is 17.0. The molecular weight excluding hydrogens is 248 g/mol. The lowest BCUT2D eigenvalue weighted by Crippen LogP contribution is -2.06. The van der Waals surface area contributed by atoms with Crippen molar-refractivity contribution in [2.24, 2.45) is 5.92 Å². The van der Waals surface area contributed by atoms with Crippen molar-refractivity contribution in [3.05, 3.63) is 0 Å². The van der Waals surface area contributed by atoms with Gasteiger partial charge < -0.3 is 9.84 Å². The van der Waals surface area contributed by atoms with E-state index in [9.17, 15) is 5.11 Å². The number of aliphatic hydroxyl groups excluding tert-OH is 1. The average molecular weight is 286 g/mol. The molecule has 0 saturated carbocycles. The van der Waals surface area contributed by atoms with Crippen molar-refractivity contribution in [3.63, 3.8) is 0 Å². The summed E-state index contributed by atoms with van der Waals surface area (Å²) in [6.07, 6.45) is 16.0. The summed E-state index contributed by atoms with van der Waals surface area (Å²) in [5.41, 5.74) is 0. The molecule has 1 unspecified atom stereocenters. The summed E-state index contributed by atoms with van der Waals surface area (Å²) >= 11 is 0. The molecule has 0 aromatic rings. The number of unbranched alkanes of at least 4 members (excludes halogenated alkanes) is 8. The number of hydrogen-bond acceptors (Lipinski definition) is 2. The highest BCUT2D eigenvalue weighted by atomic mass is 16.6. The number of rotatable bonds is 13. The second-order valence-corrected chi connectivity index (χ2v) is 6.07. The third-order valence-corrected chi connectivity index (χ3v) is 3.89. The molecule has 2 nitrogen and oxygen atoms in total. The molecule has 0 spiro atoms. The number of hydrogen-bond donors (Lipinski definition) is 1. The number of epoxide rings is 1. The lowest BCUT2D eigenvalue weighted by atomic mass is 9.95. The van der Waals surface area contributed by atoms with E-state index < -0.39 is 0 Å². The average Bonchev–Trinajstić information content (AvgIpc) is 3.33. The van der Waals surface area contributed by atoms with Crippen LogP contribution >= 0.6 is 0 Å². The zero-order valence-electron chi connectivity index (χ0n) is 14.0. The quantitative estimate of drug-likeness (QED) is 0.366. The van der Waals surface area contributed by atoms with Gasteiger partial charge in [0.2, 0.25) is 0 Å². The Morgan fingerprint density at radius 3 is 1.55 bits per heavy atom. The van der Waals surface area contributed by atoms with Crippen molar-refractivity contribution < 1.29 is 9.84 Å². The van der Waals surface area contributed by atoms with Crippen LogP contribution in [0.15, 0.2) is 0 Å². The van der Waals surface area contributed by atoms with Gasteiger partial charge in [0.1, 0.15) is 0 Å². The zero-order chi connectivity index (χ0) is 14.9. The topological polar surface area (TPSA) is 32.8 Å². The Labute approximate surface area is 127 Å². The molecule has 1 aliphatic rings. The molecule has 2 heteroatoms. The van der Waals surface area contributed by atoms with Crippen LogP contribution in [0.2, 0.25) is 0 Å². The van der Waals surface area contributed by atoms with Crippen LogP contribution in [-0.4, -0.2) is 24.9 Å². The molecule has 0 aromatic carbocycles. The van der Waals surface area contributed by atoms with Crippen LogP contribution in [0.25, 0.3) is 0 Å². The summed E-state index contributed by atoms with van der Waals surface area (Å²) in [4.78, 5) is 0. The maximum Gasteiger partial charge on any atom is 0.0701 e. The van der Waals surface area contributed by atoms with Crippen molar-refractivity contribution in [2.75, 3.05) is 19.8 Å². The van der Waals surface area contributed by atoms with Gasteiger partial charge in [-0.25, -0.2) is 0 Å². The smallest absolute Gasteiger partial charge is 0.0701 e. The van der Waals surface area contributed by atoms with Crippen LogP contribution < -0.4 is 0 Å². The summed E-state index contributed by atoms with van der Waals surface area (Å²) in [5.74, 6) is 0.582. The van der Waals surface area contributed by atoms with Crippen molar-refractivity contribution in [1.29, 1.82) is 0 Å². The van der Waals surface area contributed by atoms with Crippen LogP contribution in [-0.2, 0) is 4.74 Å². The lowest BCUT2D eigenvalue weighted by Gasteiger charge is -2.13. The summed E-state index contributed by atoms with van der Waals surface area (Å²) in [6, 6.07) is 0. The lowest BCUT2D eigenvalue weighted by molar-refractivity contribution is 0.204. The van der Waals surface area contributed by atoms with Gasteiger partial charge >= 0.3 is 0 Å². The maximum atomic E-state index is 9.32. The Bertz CT molecular complexity index is 166. The van der Waals surface area contributed by atoms with Gasteiger partial charge in [0, 0.05) is 6.61 Å². The zero-order valence-corrected chi connectivity index (χ0v) is 14.0. The predicted molar refractivity (Wildman–Crippen MR) is 88.1 cm³/mol. The van der Waals surface area contributed by atoms with Gasteiger partial charge in [0.25, 0.3) is 0 Å². The van der Waals surface area contributed by atoms with Crippen LogP contribution in [0.4, 0.5) is 0 Å². The first-order chi connectivity index (χ1) is 9.85. The molecule has 1 atom stereocenters. The molecule has 1 fully saturated rings. The highest BCUT2D eigenvalue weighted by molar-refractivity contribution is 4.59. The Hall–Kier alpha value is -0.0800. The van der Waals surface area contributed by atoms with Gasteiger partial charge in [0.05, 0.1) is 13.2 Å². The number of ether oxygens (including phenoxy) is 1. The highest BCUT2D eigenvalue weighted by Gasteiger charge is 2.06. The normalized spacial score (nSPS) is 14.6. The fourth-order valence-electron chi connectivity index (χ4n) is 2.40. The molecule has 1 N–H and O–H groups in total. The minimum atomic E-state index is 0.404. The molecule has 0 aromatic heterocycles. The number of aliphatic hydroxyl groups is 1. The van der Waals surface area contributed by atoms with Crippen LogP contribution in [0.5, 0.6) is 0 Å². The molecular formula is C18H38O2. The van der Waals surface area contributed by atoms with Gasteiger partial charge in [0.15, 0.2) is 0 Å². The molecule has 1 rings (SSSR count). The highest BCUT2D eigenvalue weighted by Crippen LogP contribution is 2.18. The summed E-state index contributed by atoms with van der Waals surface area (Å²) < 4.78 is 4.50. The van der Waals surface area contributed by atoms with E-state index in [1.807, 2.05) is 0 Å². The largest absolute Gasteiger partial charge is 0.396 e. The van der Waals surface area contributed by atoms with Crippen LogP contribution in [0.1, 0.15) is 90.9 Å². The first-order valence-corrected chi connectivity index (χ1v) is 9.03. The van der Waals surface area contributed by atoms with E-state index in [4.69, 9.17) is 0 Å². The third kappa shape index (κ3) is 17.9. The molecule has 0 bridgehead atoms. The van der Waals surface area contributed by atoms with Crippen molar-refractivity contribution in [2.45, 2.75) is 90.9 Å². The van der Waals surface area contributed by atoms with E-state index in [0.29, 0.717) is 12.5 Å². The Morgan fingerprint density at radius 2 is 1.15 bits per heavy atom. The van der Waals surface area contributed by atoms with E-state index >= 15 is 0 Å². The van der Waals surface area contributed by atoms with Gasteiger partial charge in [-0.3, -0.25) is 0 Å². The van der Waals surface area contributed by atoms with E-state index in [-0.39, 0.29) is 0 Å². The third-order valence-electron chi connectivity index (χ3n) is 3.89. The van der Waals surface area contributed by atoms with E-state index in [0.717, 1.165) is 13.2 Å². The first-order valence-electron chi connectivity index (χ1n) is 9.03. The van der Waals surface area contributed by atoms with Crippen molar-refractivity contribution in [3.8, 4) is 0 Å². The molecule has 20 heavy (non-hydrogen) atoms. The minimum absolute atomic E-state index is 0.404.